The Hall–Kier alpha value is -0.750. The molecule has 0 amide bonds. The van der Waals surface area contributed by atoms with Crippen molar-refractivity contribution in [3.8, 4) is 0 Å². The summed E-state index contributed by atoms with van der Waals surface area (Å²) in [7, 11) is 0. The van der Waals surface area contributed by atoms with E-state index in [0.717, 1.165) is 0 Å². The molecule has 0 aliphatic rings. The van der Waals surface area contributed by atoms with Gasteiger partial charge < -0.3 is 15.3 Å². The van der Waals surface area contributed by atoms with Crippen molar-refractivity contribution in [3.63, 3.8) is 0 Å². The summed E-state index contributed by atoms with van der Waals surface area (Å²) in [4.78, 5) is 19.4. The zero-order valence-electron chi connectivity index (χ0n) is 5.89. The Morgan fingerprint density at radius 2 is 1.73 bits per heavy atom. The number of hydrogen-bond acceptors (Lipinski definition) is 4. The monoisotopic (exact) mass is 182 g/mol. The average molecular weight is 182 g/mol. The number of hydrogen-bond donors (Lipinski definition) is 4. The van der Waals surface area contributed by atoms with Gasteiger partial charge in [0.15, 0.2) is 6.10 Å². The van der Waals surface area contributed by atoms with Crippen LogP contribution >= 0.6 is 12.6 Å². The molecule has 1 atom stereocenters. The van der Waals surface area contributed by atoms with E-state index in [0.29, 0.717) is 0 Å². The SMILES string of the molecule is CS.O=C(O)C[C@H](O)C(=O)O. The van der Waals surface area contributed by atoms with Gasteiger partial charge >= 0.3 is 11.9 Å². The van der Waals surface area contributed by atoms with Gasteiger partial charge in [-0.25, -0.2) is 4.79 Å². The first-order chi connectivity index (χ1) is 5.04. The summed E-state index contributed by atoms with van der Waals surface area (Å²) in [6, 6.07) is 0. The lowest BCUT2D eigenvalue weighted by molar-refractivity contribution is -0.152. The van der Waals surface area contributed by atoms with Crippen molar-refractivity contribution in [1.29, 1.82) is 0 Å². The molecule has 0 rings (SSSR count). The third kappa shape index (κ3) is 9.25. The third-order valence-corrected chi connectivity index (χ3v) is 0.653. The Balaban J connectivity index is 0. The third-order valence-electron chi connectivity index (χ3n) is 0.653. The summed E-state index contributed by atoms with van der Waals surface area (Å²) in [5.41, 5.74) is 0. The van der Waals surface area contributed by atoms with E-state index in [1.165, 1.54) is 0 Å². The molecule has 0 unspecified atom stereocenters. The van der Waals surface area contributed by atoms with Crippen LogP contribution in [0.5, 0.6) is 0 Å². The fourth-order valence-corrected chi connectivity index (χ4v) is 0.253. The first kappa shape index (κ1) is 12.9. The van der Waals surface area contributed by atoms with Gasteiger partial charge in [0.25, 0.3) is 0 Å². The van der Waals surface area contributed by atoms with Crippen LogP contribution in [0.1, 0.15) is 6.42 Å². The minimum absolute atomic E-state index is 0.755. The van der Waals surface area contributed by atoms with Crippen molar-refractivity contribution in [3.05, 3.63) is 0 Å². The van der Waals surface area contributed by atoms with Crippen molar-refractivity contribution >= 4 is 24.6 Å². The van der Waals surface area contributed by atoms with Gasteiger partial charge in [0.05, 0.1) is 6.42 Å². The van der Waals surface area contributed by atoms with Crippen LogP contribution in [0.25, 0.3) is 0 Å². The number of aliphatic carboxylic acids is 2. The fourth-order valence-electron chi connectivity index (χ4n) is 0.253. The van der Waals surface area contributed by atoms with Crippen LogP contribution in [-0.2, 0) is 9.59 Å². The number of carboxylic acid groups (broad SMARTS) is 2. The van der Waals surface area contributed by atoms with Gasteiger partial charge in [0.1, 0.15) is 0 Å². The largest absolute Gasteiger partial charge is 0.481 e. The van der Waals surface area contributed by atoms with Crippen LogP contribution in [0.2, 0.25) is 0 Å². The molecule has 0 radical (unpaired) electrons. The predicted molar refractivity (Wildman–Crippen MR) is 40.8 cm³/mol. The molecule has 66 valence electrons. The first-order valence-electron chi connectivity index (χ1n) is 2.61. The van der Waals surface area contributed by atoms with Crippen LogP contribution in [-0.4, -0.2) is 39.6 Å². The van der Waals surface area contributed by atoms with Crippen molar-refractivity contribution in [2.75, 3.05) is 6.26 Å². The standard InChI is InChI=1S/C4H6O5.CH4S/c5-2(4(8)9)1-3(6)7;1-2/h2,5H,1H2,(H,6,7)(H,8,9);2H,1H3/t2-;/m0./s1. The highest BCUT2D eigenvalue weighted by molar-refractivity contribution is 7.79. The molecular weight excluding hydrogens is 172 g/mol. The van der Waals surface area contributed by atoms with Crippen molar-refractivity contribution in [2.45, 2.75) is 12.5 Å². The summed E-state index contributed by atoms with van der Waals surface area (Å²) in [6.45, 7) is 0. The second-order valence-corrected chi connectivity index (χ2v) is 1.45. The normalized spacial score (nSPS) is 10.8. The van der Waals surface area contributed by atoms with Crippen molar-refractivity contribution in [2.24, 2.45) is 0 Å². The molecular formula is C5H10O5S. The van der Waals surface area contributed by atoms with E-state index >= 15 is 0 Å². The van der Waals surface area contributed by atoms with Crippen LogP contribution in [0, 0.1) is 0 Å². The molecule has 0 fully saturated rings. The van der Waals surface area contributed by atoms with Crippen molar-refractivity contribution < 1.29 is 24.9 Å². The van der Waals surface area contributed by atoms with E-state index in [1.807, 2.05) is 0 Å². The number of thiol groups is 1. The summed E-state index contributed by atoms with van der Waals surface area (Å²) < 4.78 is 0. The first-order valence-corrected chi connectivity index (χ1v) is 3.51. The van der Waals surface area contributed by atoms with Gasteiger partial charge in [-0.3, -0.25) is 4.79 Å². The molecule has 5 nitrogen and oxygen atoms in total. The molecule has 0 spiro atoms. The Morgan fingerprint density at radius 3 is 1.82 bits per heavy atom. The number of carboxylic acids is 2. The van der Waals surface area contributed by atoms with E-state index in [1.54, 1.807) is 6.26 Å². The van der Waals surface area contributed by atoms with Gasteiger partial charge in [-0.1, -0.05) is 0 Å². The summed E-state index contributed by atoms with van der Waals surface area (Å²) >= 11 is 3.53. The van der Waals surface area contributed by atoms with E-state index in [2.05, 4.69) is 12.6 Å². The highest BCUT2D eigenvalue weighted by atomic mass is 32.1. The van der Waals surface area contributed by atoms with E-state index in [-0.39, 0.29) is 0 Å². The number of aliphatic hydroxyl groups is 1. The molecule has 0 aromatic heterocycles. The number of rotatable bonds is 3. The highest BCUT2D eigenvalue weighted by Crippen LogP contribution is 1.89. The Labute approximate surface area is 69.1 Å². The zero-order chi connectivity index (χ0) is 9.44. The average Bonchev–Trinajstić information content (AvgIpc) is 1.90. The quantitative estimate of drug-likeness (QED) is 0.439. The second kappa shape index (κ2) is 7.36. The topological polar surface area (TPSA) is 94.8 Å². The molecule has 0 aromatic rings. The Bertz CT molecular complexity index is 135. The molecule has 0 aromatic carbocycles. The minimum Gasteiger partial charge on any atom is -0.481 e. The van der Waals surface area contributed by atoms with Crippen molar-refractivity contribution in [1.82, 2.24) is 0 Å². The molecule has 0 heterocycles. The molecule has 0 saturated carbocycles. The van der Waals surface area contributed by atoms with E-state index in [4.69, 9.17) is 15.3 Å². The molecule has 0 saturated heterocycles. The van der Waals surface area contributed by atoms with Gasteiger partial charge in [0, 0.05) is 0 Å². The summed E-state index contributed by atoms with van der Waals surface area (Å²) in [5, 5.41) is 24.1. The predicted octanol–water partition coefficient (Wildman–Crippen LogP) is -0.547. The van der Waals surface area contributed by atoms with Crippen LogP contribution in [0.15, 0.2) is 0 Å². The van der Waals surface area contributed by atoms with Gasteiger partial charge in [-0.05, 0) is 6.26 Å². The fraction of sp³-hybridized carbons (Fsp3) is 0.600. The summed E-state index contributed by atoms with van der Waals surface area (Å²) in [6.07, 6.45) is -0.850. The van der Waals surface area contributed by atoms with Crippen LogP contribution in [0.4, 0.5) is 0 Å². The maximum atomic E-state index is 9.72. The Morgan fingerprint density at radius 1 is 1.36 bits per heavy atom. The second-order valence-electron chi connectivity index (χ2n) is 1.45. The van der Waals surface area contributed by atoms with E-state index in [9.17, 15) is 9.59 Å². The molecule has 11 heavy (non-hydrogen) atoms. The maximum Gasteiger partial charge on any atom is 0.333 e. The highest BCUT2D eigenvalue weighted by Gasteiger charge is 2.16. The molecule has 0 aliphatic carbocycles. The van der Waals surface area contributed by atoms with Gasteiger partial charge in [-0.15, -0.1) is 0 Å². The van der Waals surface area contributed by atoms with E-state index < -0.39 is 24.5 Å². The molecule has 0 bridgehead atoms. The van der Waals surface area contributed by atoms with Crippen LogP contribution in [0.3, 0.4) is 0 Å². The lowest BCUT2D eigenvalue weighted by atomic mass is 10.3. The van der Waals surface area contributed by atoms with Crippen LogP contribution < -0.4 is 0 Å². The summed E-state index contributed by atoms with van der Waals surface area (Å²) in [5.74, 6) is -2.85. The lowest BCUT2D eigenvalue weighted by Crippen LogP contribution is -2.22. The molecule has 0 aliphatic heterocycles. The Kier molecular flexibility index (Phi) is 8.62. The minimum atomic E-state index is -1.79. The number of aliphatic hydroxyl groups excluding tert-OH is 1. The zero-order valence-corrected chi connectivity index (χ0v) is 6.78. The molecule has 6 heteroatoms. The molecule has 3 N–H and O–H groups in total. The lowest BCUT2D eigenvalue weighted by Gasteiger charge is -1.97. The van der Waals surface area contributed by atoms with Gasteiger partial charge in [0.2, 0.25) is 0 Å². The van der Waals surface area contributed by atoms with Gasteiger partial charge in [-0.2, -0.15) is 12.6 Å². The number of carbonyl (C=O) groups is 2. The maximum absolute atomic E-state index is 9.72. The smallest absolute Gasteiger partial charge is 0.333 e.